The molecule has 1 aromatic carbocycles. The van der Waals surface area contributed by atoms with Crippen LogP contribution in [0.4, 0.5) is 10.2 Å². The van der Waals surface area contributed by atoms with Crippen LogP contribution in [-0.4, -0.2) is 39.2 Å². The molecule has 0 radical (unpaired) electrons. The normalized spacial score (nSPS) is 16.5. The van der Waals surface area contributed by atoms with Crippen molar-refractivity contribution in [1.29, 1.82) is 0 Å². The lowest BCUT2D eigenvalue weighted by molar-refractivity contribution is -0.121. The molecule has 1 aliphatic heterocycles. The largest absolute Gasteiger partial charge is 0.472 e. The van der Waals surface area contributed by atoms with Crippen molar-refractivity contribution in [2.75, 3.05) is 18.4 Å². The van der Waals surface area contributed by atoms with E-state index in [1.165, 1.54) is 36.0 Å². The second-order valence-corrected chi connectivity index (χ2v) is 8.34. The summed E-state index contributed by atoms with van der Waals surface area (Å²) < 4.78 is 20.2. The van der Waals surface area contributed by atoms with Crippen molar-refractivity contribution < 1.29 is 18.4 Å². The lowest BCUT2D eigenvalue weighted by atomic mass is 9.96. The first-order chi connectivity index (χ1) is 15.1. The molecule has 1 atom stereocenters. The molecule has 1 saturated heterocycles. The topological polar surface area (TPSA) is 79.9 Å². The van der Waals surface area contributed by atoms with Crippen LogP contribution in [0.2, 0.25) is 0 Å². The van der Waals surface area contributed by atoms with E-state index >= 15 is 0 Å². The number of thiazole rings is 1. The highest BCUT2D eigenvalue weighted by molar-refractivity contribution is 7.15. The highest BCUT2D eigenvalue weighted by atomic mass is 32.1. The molecule has 1 aliphatic rings. The fraction of sp³-hybridized carbons (Fsp3) is 0.227. The van der Waals surface area contributed by atoms with Gasteiger partial charge in [-0.05, 0) is 43.2 Å². The van der Waals surface area contributed by atoms with Gasteiger partial charge in [0.05, 0.1) is 17.7 Å². The number of anilines is 1. The Kier molecular flexibility index (Phi) is 5.03. The number of furan rings is 1. The van der Waals surface area contributed by atoms with Gasteiger partial charge in [0.15, 0.2) is 4.96 Å². The minimum Gasteiger partial charge on any atom is -0.472 e. The van der Waals surface area contributed by atoms with Crippen molar-refractivity contribution in [2.45, 2.75) is 12.8 Å². The summed E-state index contributed by atoms with van der Waals surface area (Å²) in [5, 5.41) is 4.90. The summed E-state index contributed by atoms with van der Waals surface area (Å²) in [5.41, 5.74) is 1.78. The third kappa shape index (κ3) is 3.72. The molecule has 4 aromatic rings. The Morgan fingerprint density at radius 1 is 1.23 bits per heavy atom. The summed E-state index contributed by atoms with van der Waals surface area (Å²) in [6.45, 7) is 0.948. The number of halogens is 1. The summed E-state index contributed by atoms with van der Waals surface area (Å²) in [5.74, 6) is -0.426. The van der Waals surface area contributed by atoms with Crippen molar-refractivity contribution in [3.8, 4) is 11.3 Å². The highest BCUT2D eigenvalue weighted by Crippen LogP contribution is 2.32. The lowest BCUT2D eigenvalue weighted by Crippen LogP contribution is -2.43. The van der Waals surface area contributed by atoms with E-state index in [2.05, 4.69) is 10.3 Å². The first kappa shape index (κ1) is 19.5. The minimum absolute atomic E-state index is 0.136. The van der Waals surface area contributed by atoms with Crippen molar-refractivity contribution >= 4 is 33.9 Å². The molecule has 0 spiro atoms. The second-order valence-electron chi connectivity index (χ2n) is 7.46. The number of imidazole rings is 1. The van der Waals surface area contributed by atoms with Gasteiger partial charge < -0.3 is 14.6 Å². The molecule has 31 heavy (non-hydrogen) atoms. The number of amides is 2. The number of hydrogen-bond acceptors (Lipinski definition) is 5. The first-order valence-electron chi connectivity index (χ1n) is 9.94. The number of rotatable bonds is 4. The zero-order valence-electron chi connectivity index (χ0n) is 16.5. The van der Waals surface area contributed by atoms with Gasteiger partial charge in [-0.15, -0.1) is 11.3 Å². The van der Waals surface area contributed by atoms with Crippen LogP contribution in [0.1, 0.15) is 23.2 Å². The molecular weight excluding hydrogens is 419 g/mol. The molecule has 1 N–H and O–H groups in total. The van der Waals surface area contributed by atoms with E-state index in [9.17, 15) is 14.0 Å². The maximum Gasteiger partial charge on any atom is 0.257 e. The van der Waals surface area contributed by atoms with Crippen LogP contribution >= 0.6 is 11.3 Å². The number of hydrogen-bond donors (Lipinski definition) is 1. The molecule has 0 aliphatic carbocycles. The van der Waals surface area contributed by atoms with Crippen molar-refractivity contribution in [1.82, 2.24) is 14.3 Å². The molecular formula is C22H19FN4O3S. The molecule has 0 saturated carbocycles. The van der Waals surface area contributed by atoms with Crippen LogP contribution < -0.4 is 5.32 Å². The Morgan fingerprint density at radius 2 is 2.06 bits per heavy atom. The SMILES string of the molecule is O=C(Nc1c(-c2ccc(F)cc2)nc2sccn12)[C@@H]1CCCN(C(=O)c2ccoc2)C1. The van der Waals surface area contributed by atoms with Gasteiger partial charge in [-0.25, -0.2) is 9.37 Å². The van der Waals surface area contributed by atoms with Gasteiger partial charge in [0.2, 0.25) is 5.91 Å². The van der Waals surface area contributed by atoms with Crippen molar-refractivity contribution in [3.63, 3.8) is 0 Å². The van der Waals surface area contributed by atoms with Gasteiger partial charge >= 0.3 is 0 Å². The minimum atomic E-state index is -0.338. The number of aromatic nitrogens is 2. The Hall–Kier alpha value is -3.46. The lowest BCUT2D eigenvalue weighted by Gasteiger charge is -2.31. The zero-order valence-corrected chi connectivity index (χ0v) is 17.3. The van der Waals surface area contributed by atoms with E-state index in [0.29, 0.717) is 42.1 Å². The van der Waals surface area contributed by atoms with Crippen LogP contribution in [-0.2, 0) is 4.79 Å². The van der Waals surface area contributed by atoms with Crippen molar-refractivity contribution in [2.24, 2.45) is 5.92 Å². The number of nitrogens with one attached hydrogen (secondary N) is 1. The fourth-order valence-electron chi connectivity index (χ4n) is 3.88. The molecule has 5 rings (SSSR count). The standard InChI is InChI=1S/C22H19FN4O3S/c23-17-5-3-14(4-6-17)18-19(27-9-11-31-22(27)24-18)25-20(28)15-2-1-8-26(12-15)21(29)16-7-10-30-13-16/h3-7,9-11,13,15H,1-2,8,12H2,(H,25,28)/t15-/m1/s1. The van der Waals surface area contributed by atoms with Gasteiger partial charge in [0.1, 0.15) is 23.6 Å². The van der Waals surface area contributed by atoms with Gasteiger partial charge in [-0.3, -0.25) is 14.0 Å². The third-order valence-corrected chi connectivity index (χ3v) is 6.23. The Labute approximate surface area is 181 Å². The quantitative estimate of drug-likeness (QED) is 0.516. The van der Waals surface area contributed by atoms with Gasteiger partial charge in [-0.1, -0.05) is 0 Å². The summed E-state index contributed by atoms with van der Waals surface area (Å²) in [6.07, 6.45) is 6.15. The third-order valence-electron chi connectivity index (χ3n) is 5.47. The van der Waals surface area contributed by atoms with Crippen LogP contribution in [0.3, 0.4) is 0 Å². The molecule has 0 unspecified atom stereocenters. The van der Waals surface area contributed by atoms with Gasteiger partial charge in [0, 0.05) is 30.2 Å². The number of nitrogens with zero attached hydrogens (tertiary/aromatic N) is 3. The number of piperidine rings is 1. The molecule has 7 nitrogen and oxygen atoms in total. The Morgan fingerprint density at radius 3 is 2.84 bits per heavy atom. The van der Waals surface area contributed by atoms with Crippen molar-refractivity contribution in [3.05, 3.63) is 65.8 Å². The molecule has 4 heterocycles. The van der Waals surface area contributed by atoms with E-state index in [4.69, 9.17) is 4.42 Å². The second kappa shape index (κ2) is 7.99. The monoisotopic (exact) mass is 438 g/mol. The number of fused-ring (bicyclic) bond motifs is 1. The van der Waals surface area contributed by atoms with E-state index in [-0.39, 0.29) is 23.5 Å². The molecule has 2 amide bonds. The van der Waals surface area contributed by atoms with Crippen LogP contribution in [0.15, 0.2) is 58.9 Å². The Bertz CT molecular complexity index is 1230. The predicted octanol–water partition coefficient (Wildman–Crippen LogP) is 4.29. The van der Waals surface area contributed by atoms with Crippen LogP contribution in [0, 0.1) is 11.7 Å². The van der Waals surface area contributed by atoms with Crippen LogP contribution in [0.5, 0.6) is 0 Å². The number of carbonyl (C=O) groups is 2. The summed E-state index contributed by atoms with van der Waals surface area (Å²) >= 11 is 1.45. The molecule has 158 valence electrons. The molecule has 0 bridgehead atoms. The van der Waals surface area contributed by atoms with Gasteiger partial charge in [0.25, 0.3) is 5.91 Å². The predicted molar refractivity (Wildman–Crippen MR) is 114 cm³/mol. The van der Waals surface area contributed by atoms with E-state index in [0.717, 1.165) is 11.4 Å². The number of benzene rings is 1. The summed E-state index contributed by atoms with van der Waals surface area (Å²) in [6, 6.07) is 7.65. The maximum atomic E-state index is 13.4. The van der Waals surface area contributed by atoms with Crippen LogP contribution in [0.25, 0.3) is 16.2 Å². The smallest absolute Gasteiger partial charge is 0.257 e. The number of carbonyl (C=O) groups excluding carboxylic acids is 2. The summed E-state index contributed by atoms with van der Waals surface area (Å²) in [4.78, 5) is 32.8. The average Bonchev–Trinajstić information content (AvgIpc) is 3.53. The Balaban J connectivity index is 1.39. The van der Waals surface area contributed by atoms with E-state index < -0.39 is 0 Å². The first-order valence-corrected chi connectivity index (χ1v) is 10.8. The molecule has 9 heteroatoms. The highest BCUT2D eigenvalue weighted by Gasteiger charge is 2.30. The zero-order chi connectivity index (χ0) is 21.4. The summed E-state index contributed by atoms with van der Waals surface area (Å²) in [7, 11) is 0. The van der Waals surface area contributed by atoms with E-state index in [1.54, 1.807) is 23.1 Å². The molecule has 1 fully saturated rings. The fourth-order valence-corrected chi connectivity index (χ4v) is 4.59. The number of likely N-dealkylation sites (tertiary alicyclic amines) is 1. The average molecular weight is 438 g/mol. The van der Waals surface area contributed by atoms with Gasteiger partial charge in [-0.2, -0.15) is 0 Å². The maximum absolute atomic E-state index is 13.4. The van der Waals surface area contributed by atoms with E-state index in [1.807, 2.05) is 16.0 Å². The molecule has 3 aromatic heterocycles.